The molecule has 4 fully saturated rings. The van der Waals surface area contributed by atoms with Gasteiger partial charge in [-0.2, -0.15) is 0 Å². The minimum absolute atomic E-state index is 0.632. The molecule has 0 saturated heterocycles. The first kappa shape index (κ1) is 4.76. The van der Waals surface area contributed by atoms with Crippen LogP contribution in [0.15, 0.2) is 0 Å². The Labute approximate surface area is 61.0 Å². The molecule has 2 N–H and O–H groups in total. The zero-order chi connectivity index (χ0) is 6.51. The fraction of sp³-hybridized carbons (Fsp3) is 1.00. The van der Waals surface area contributed by atoms with Crippen molar-refractivity contribution in [2.45, 2.75) is 25.3 Å². The molecule has 0 aromatic carbocycles. The Morgan fingerprint density at radius 2 is 1.60 bits per heavy atom. The fourth-order valence-electron chi connectivity index (χ4n) is 4.85. The number of hydrogen-bond acceptors (Lipinski definition) is 1. The Hall–Kier alpha value is -0.0400. The lowest BCUT2D eigenvalue weighted by Gasteiger charge is -2.88. The molecule has 4 aliphatic rings. The molecular formula is C9H13N. The third-order valence-electron chi connectivity index (χ3n) is 5.27. The zero-order valence-electron chi connectivity index (χ0n) is 6.09. The second-order valence-electron chi connectivity index (χ2n) is 4.89. The van der Waals surface area contributed by atoms with E-state index in [1.807, 2.05) is 0 Å². The summed E-state index contributed by atoms with van der Waals surface area (Å²) >= 11 is 0. The highest BCUT2D eigenvalue weighted by Gasteiger charge is 2.83. The van der Waals surface area contributed by atoms with Crippen molar-refractivity contribution < 1.29 is 0 Å². The first-order valence-electron chi connectivity index (χ1n) is 4.60. The Kier molecular flexibility index (Phi) is 0.471. The lowest BCUT2D eigenvalue weighted by atomic mass is 9.17. The van der Waals surface area contributed by atoms with Crippen LogP contribution < -0.4 is 5.73 Å². The van der Waals surface area contributed by atoms with E-state index < -0.39 is 0 Å². The van der Waals surface area contributed by atoms with Gasteiger partial charge in [0.2, 0.25) is 0 Å². The SMILES string of the molecule is NC1C2CC3CC4CC1C342. The standard InChI is InChI=1S/C9H13N/c10-8-6-2-4-1-5-3-7(8)9(4,5)6/h4-8H,1-3,10H2. The summed E-state index contributed by atoms with van der Waals surface area (Å²) in [6.07, 6.45) is 4.56. The zero-order valence-corrected chi connectivity index (χ0v) is 6.09. The highest BCUT2D eigenvalue weighted by atomic mass is 15.0. The average Bonchev–Trinajstić information content (AvgIpc) is 1.77. The van der Waals surface area contributed by atoms with Gasteiger partial charge in [-0.15, -0.1) is 0 Å². The molecule has 0 aromatic heterocycles. The summed E-state index contributed by atoms with van der Waals surface area (Å²) in [6, 6.07) is 0.632. The first-order chi connectivity index (χ1) is 4.85. The van der Waals surface area contributed by atoms with Gasteiger partial charge in [-0.25, -0.2) is 0 Å². The molecule has 0 aromatic rings. The molecule has 1 spiro atoms. The van der Waals surface area contributed by atoms with Crippen molar-refractivity contribution in [3.63, 3.8) is 0 Å². The van der Waals surface area contributed by atoms with Gasteiger partial charge < -0.3 is 5.73 Å². The molecular weight excluding hydrogens is 122 g/mol. The van der Waals surface area contributed by atoms with Gasteiger partial charge in [-0.3, -0.25) is 0 Å². The Morgan fingerprint density at radius 1 is 1.00 bits per heavy atom. The smallest absolute Gasteiger partial charge is 0.0107 e. The summed E-state index contributed by atoms with van der Waals surface area (Å²) in [4.78, 5) is 0. The number of hydrogen-bond donors (Lipinski definition) is 1. The highest BCUT2D eigenvalue weighted by molar-refractivity contribution is 5.33. The second-order valence-corrected chi connectivity index (χ2v) is 4.89. The van der Waals surface area contributed by atoms with E-state index >= 15 is 0 Å². The van der Waals surface area contributed by atoms with E-state index in [1.54, 1.807) is 6.42 Å². The summed E-state index contributed by atoms with van der Waals surface area (Å²) < 4.78 is 0. The quantitative estimate of drug-likeness (QED) is 0.526. The van der Waals surface area contributed by atoms with Gasteiger partial charge in [0.15, 0.2) is 0 Å². The van der Waals surface area contributed by atoms with Gasteiger partial charge in [-0.1, -0.05) is 0 Å². The Morgan fingerprint density at radius 3 is 2.00 bits per heavy atom. The van der Waals surface area contributed by atoms with Crippen LogP contribution in [0.25, 0.3) is 0 Å². The summed E-state index contributed by atoms with van der Waals surface area (Å²) in [7, 11) is 0. The Balaban J connectivity index is 1.82. The molecule has 0 bridgehead atoms. The molecule has 0 radical (unpaired) electrons. The molecule has 4 atom stereocenters. The van der Waals surface area contributed by atoms with E-state index in [0.29, 0.717) is 6.04 Å². The fourth-order valence-corrected chi connectivity index (χ4v) is 4.85. The monoisotopic (exact) mass is 135 g/mol. The molecule has 54 valence electrons. The van der Waals surface area contributed by atoms with Crippen molar-refractivity contribution in [2.75, 3.05) is 0 Å². The van der Waals surface area contributed by atoms with E-state index in [4.69, 9.17) is 5.73 Å². The topological polar surface area (TPSA) is 26.0 Å². The van der Waals surface area contributed by atoms with Gasteiger partial charge in [-0.05, 0) is 48.3 Å². The molecule has 10 heavy (non-hydrogen) atoms. The van der Waals surface area contributed by atoms with Crippen molar-refractivity contribution in [2.24, 2.45) is 34.8 Å². The van der Waals surface area contributed by atoms with Crippen molar-refractivity contribution >= 4 is 0 Å². The maximum atomic E-state index is 6.03. The normalized spacial score (nSPS) is 80.7. The molecule has 0 amide bonds. The lowest BCUT2D eigenvalue weighted by molar-refractivity contribution is -0.386. The van der Waals surface area contributed by atoms with Crippen molar-refractivity contribution in [1.82, 2.24) is 0 Å². The van der Waals surface area contributed by atoms with Crippen LogP contribution in [-0.4, -0.2) is 6.04 Å². The molecule has 1 nitrogen and oxygen atoms in total. The average molecular weight is 135 g/mol. The van der Waals surface area contributed by atoms with Crippen LogP contribution in [0, 0.1) is 29.1 Å². The largest absolute Gasteiger partial charge is 0.327 e. The van der Waals surface area contributed by atoms with E-state index in [-0.39, 0.29) is 0 Å². The predicted molar refractivity (Wildman–Crippen MR) is 38.2 cm³/mol. The van der Waals surface area contributed by atoms with Crippen LogP contribution >= 0.6 is 0 Å². The maximum Gasteiger partial charge on any atom is 0.0107 e. The van der Waals surface area contributed by atoms with Crippen molar-refractivity contribution in [3.8, 4) is 0 Å². The summed E-state index contributed by atoms with van der Waals surface area (Å²) in [5, 5.41) is 0. The predicted octanol–water partition coefficient (Wildman–Crippen LogP) is 0.990. The lowest BCUT2D eigenvalue weighted by Crippen LogP contribution is -2.87. The van der Waals surface area contributed by atoms with Crippen LogP contribution in [0.1, 0.15) is 19.3 Å². The summed E-state index contributed by atoms with van der Waals surface area (Å²) in [5.41, 5.74) is 6.93. The maximum absolute atomic E-state index is 6.03. The second kappa shape index (κ2) is 0.989. The molecule has 0 heterocycles. The van der Waals surface area contributed by atoms with Gasteiger partial charge in [0, 0.05) is 6.04 Å². The molecule has 0 aliphatic heterocycles. The van der Waals surface area contributed by atoms with Crippen molar-refractivity contribution in [3.05, 3.63) is 0 Å². The van der Waals surface area contributed by atoms with Gasteiger partial charge in [0.1, 0.15) is 0 Å². The van der Waals surface area contributed by atoms with Crippen LogP contribution in [0.5, 0.6) is 0 Å². The summed E-state index contributed by atoms with van der Waals surface area (Å²) in [5.74, 6) is 4.30. The van der Waals surface area contributed by atoms with Crippen LogP contribution in [0.3, 0.4) is 0 Å². The summed E-state index contributed by atoms with van der Waals surface area (Å²) in [6.45, 7) is 0. The van der Waals surface area contributed by atoms with Crippen LogP contribution in [0.2, 0.25) is 0 Å². The van der Waals surface area contributed by atoms with E-state index in [2.05, 4.69) is 0 Å². The molecule has 4 saturated carbocycles. The third kappa shape index (κ3) is 0.200. The molecule has 4 rings (SSSR count). The van der Waals surface area contributed by atoms with E-state index in [0.717, 1.165) is 29.1 Å². The van der Waals surface area contributed by atoms with Crippen molar-refractivity contribution in [1.29, 1.82) is 0 Å². The number of rotatable bonds is 0. The molecule has 4 unspecified atom stereocenters. The number of nitrogens with two attached hydrogens (primary N) is 1. The first-order valence-corrected chi connectivity index (χ1v) is 4.60. The van der Waals surface area contributed by atoms with E-state index in [9.17, 15) is 0 Å². The van der Waals surface area contributed by atoms with E-state index in [1.165, 1.54) is 12.8 Å². The third-order valence-corrected chi connectivity index (χ3v) is 5.27. The minimum Gasteiger partial charge on any atom is -0.327 e. The Bertz CT molecular complexity index is 201. The van der Waals surface area contributed by atoms with Gasteiger partial charge >= 0.3 is 0 Å². The molecule has 4 aliphatic carbocycles. The molecule has 1 heteroatoms. The van der Waals surface area contributed by atoms with Gasteiger partial charge in [0.25, 0.3) is 0 Å². The van der Waals surface area contributed by atoms with Gasteiger partial charge in [0.05, 0.1) is 0 Å². The minimum atomic E-state index is 0.632. The highest BCUT2D eigenvalue weighted by Crippen LogP contribution is 2.86. The van der Waals surface area contributed by atoms with Crippen LogP contribution in [-0.2, 0) is 0 Å². The van der Waals surface area contributed by atoms with Crippen LogP contribution in [0.4, 0.5) is 0 Å².